The van der Waals surface area contributed by atoms with E-state index in [9.17, 15) is 18.0 Å². The number of carbonyl (C=O) groups excluding carboxylic acids is 1. The summed E-state index contributed by atoms with van der Waals surface area (Å²) in [6.07, 6.45) is -3.60. The Bertz CT molecular complexity index is 758. The number of hydrogen-bond acceptors (Lipinski definition) is 7. The van der Waals surface area contributed by atoms with Gasteiger partial charge in [-0.1, -0.05) is 6.58 Å². The van der Waals surface area contributed by atoms with Gasteiger partial charge in [0, 0.05) is 11.7 Å². The lowest BCUT2D eigenvalue weighted by molar-refractivity contribution is -0.151. The average Bonchev–Trinajstić information content (AvgIpc) is 3.22. The van der Waals surface area contributed by atoms with Gasteiger partial charge in [-0.15, -0.1) is 11.8 Å². The normalized spacial score (nSPS) is 27.0. The van der Waals surface area contributed by atoms with E-state index < -0.39 is 18.2 Å². The summed E-state index contributed by atoms with van der Waals surface area (Å²) in [6.45, 7) is 4.02. The molecule has 0 aliphatic carbocycles. The minimum absolute atomic E-state index is 0.110. The Hall–Kier alpha value is -2.04. The average molecular weight is 388 g/mol. The summed E-state index contributed by atoms with van der Waals surface area (Å²) in [6, 6.07) is 2.97. The summed E-state index contributed by atoms with van der Waals surface area (Å²) < 4.78 is 54.0. The van der Waals surface area contributed by atoms with Crippen LogP contribution in [-0.2, 0) is 14.3 Å². The highest BCUT2D eigenvalue weighted by atomic mass is 32.2. The standard InChI is InChI=1S/C16H15F3N2O4S/c1-8(26-13-6-10(22)15-24-7-12(13)25-15)21-9(11-3-2-4-23-11)5-14(20)16(17,18)19/h2-5,12-13,15H,1,6-7,20H2/b14-5-,21-9+. The number of allylic oxidation sites excluding steroid dienone is 2. The van der Waals surface area contributed by atoms with E-state index in [4.69, 9.17) is 19.6 Å². The Kier molecular flexibility index (Phi) is 5.26. The molecule has 0 saturated carbocycles. The van der Waals surface area contributed by atoms with Crippen LogP contribution in [0, 0.1) is 0 Å². The van der Waals surface area contributed by atoms with Crippen LogP contribution in [0.15, 0.2) is 51.2 Å². The zero-order valence-electron chi connectivity index (χ0n) is 13.4. The number of Topliss-reactive ketones (excluding diaryl/α,β-unsaturated/α-hetero) is 1. The molecule has 0 amide bonds. The number of furan rings is 1. The van der Waals surface area contributed by atoms with E-state index in [2.05, 4.69) is 11.6 Å². The Labute approximate surface area is 150 Å². The fourth-order valence-electron chi connectivity index (χ4n) is 2.47. The largest absolute Gasteiger partial charge is 0.463 e. The number of hydrogen-bond donors (Lipinski definition) is 1. The van der Waals surface area contributed by atoms with Gasteiger partial charge in [0.1, 0.15) is 11.4 Å². The zero-order valence-corrected chi connectivity index (χ0v) is 14.2. The second-order valence-electron chi connectivity index (χ2n) is 5.63. The van der Waals surface area contributed by atoms with Gasteiger partial charge in [-0.05, 0) is 18.2 Å². The van der Waals surface area contributed by atoms with Gasteiger partial charge in [-0.2, -0.15) is 13.2 Å². The van der Waals surface area contributed by atoms with Gasteiger partial charge in [-0.25, -0.2) is 4.99 Å². The molecule has 10 heteroatoms. The van der Waals surface area contributed by atoms with Crippen LogP contribution in [0.1, 0.15) is 12.2 Å². The molecule has 3 heterocycles. The van der Waals surface area contributed by atoms with Crippen molar-refractivity contribution < 1.29 is 31.9 Å². The number of rotatable bonds is 5. The van der Waals surface area contributed by atoms with Crippen molar-refractivity contribution >= 4 is 23.3 Å². The summed E-state index contributed by atoms with van der Waals surface area (Å²) in [5.74, 6) is -0.0697. The molecule has 3 atom stereocenters. The van der Waals surface area contributed by atoms with Crippen LogP contribution in [0.4, 0.5) is 13.2 Å². The van der Waals surface area contributed by atoms with Crippen molar-refractivity contribution in [3.8, 4) is 0 Å². The Morgan fingerprint density at radius 3 is 2.88 bits per heavy atom. The first kappa shape index (κ1) is 18.7. The van der Waals surface area contributed by atoms with Crippen molar-refractivity contribution in [3.63, 3.8) is 0 Å². The number of alkyl halides is 3. The molecular weight excluding hydrogens is 373 g/mol. The predicted octanol–water partition coefficient (Wildman–Crippen LogP) is 2.76. The summed E-state index contributed by atoms with van der Waals surface area (Å²) in [5, 5.41) is -0.0753. The summed E-state index contributed by atoms with van der Waals surface area (Å²) in [5.41, 5.74) is 3.65. The van der Waals surface area contributed by atoms with E-state index in [1.807, 2.05) is 0 Å². The monoisotopic (exact) mass is 388 g/mol. The lowest BCUT2D eigenvalue weighted by Crippen LogP contribution is -2.37. The predicted molar refractivity (Wildman–Crippen MR) is 88.3 cm³/mol. The van der Waals surface area contributed by atoms with E-state index in [1.54, 1.807) is 0 Å². The van der Waals surface area contributed by atoms with Crippen LogP contribution in [0.5, 0.6) is 0 Å². The van der Waals surface area contributed by atoms with Gasteiger partial charge in [0.2, 0.25) is 6.29 Å². The summed E-state index contributed by atoms with van der Waals surface area (Å²) in [4.78, 5) is 15.9. The van der Waals surface area contributed by atoms with Gasteiger partial charge in [0.05, 0.1) is 24.0 Å². The van der Waals surface area contributed by atoms with Crippen LogP contribution >= 0.6 is 11.8 Å². The van der Waals surface area contributed by atoms with E-state index >= 15 is 0 Å². The second-order valence-corrected chi connectivity index (χ2v) is 6.94. The smallest absolute Gasteiger partial charge is 0.430 e. The second kappa shape index (κ2) is 7.29. The maximum Gasteiger partial charge on any atom is 0.430 e. The number of thioether (sulfide) groups is 1. The molecule has 6 nitrogen and oxygen atoms in total. The molecule has 26 heavy (non-hydrogen) atoms. The number of aliphatic imine (C=N–C) groups is 1. The van der Waals surface area contributed by atoms with Crippen molar-refractivity contribution in [2.45, 2.75) is 30.2 Å². The van der Waals surface area contributed by atoms with Crippen LogP contribution in [0.3, 0.4) is 0 Å². The molecule has 3 unspecified atom stereocenters. The molecular formula is C16H15F3N2O4S. The SMILES string of the molecule is C=C(/N=C(\C=C(/N)C(F)(F)F)c1ccco1)SC1CC(=O)C2OCC1O2. The minimum Gasteiger partial charge on any atom is -0.463 e. The first-order valence-electron chi connectivity index (χ1n) is 7.56. The van der Waals surface area contributed by atoms with Crippen molar-refractivity contribution in [2.75, 3.05) is 6.61 Å². The highest BCUT2D eigenvalue weighted by Gasteiger charge is 2.43. The van der Waals surface area contributed by atoms with E-state index in [-0.39, 0.29) is 46.7 Å². The van der Waals surface area contributed by atoms with Gasteiger partial charge in [-0.3, -0.25) is 4.79 Å². The number of halogens is 3. The summed E-state index contributed by atoms with van der Waals surface area (Å²) in [7, 11) is 0. The van der Waals surface area contributed by atoms with Crippen LogP contribution in [-0.4, -0.2) is 41.9 Å². The Morgan fingerprint density at radius 2 is 2.23 bits per heavy atom. The number of fused-ring (bicyclic) bond motifs is 2. The van der Waals surface area contributed by atoms with Crippen molar-refractivity contribution in [3.05, 3.63) is 47.5 Å². The first-order valence-corrected chi connectivity index (χ1v) is 8.44. The van der Waals surface area contributed by atoms with Gasteiger partial charge >= 0.3 is 6.18 Å². The highest BCUT2D eigenvalue weighted by Crippen LogP contribution is 2.36. The minimum atomic E-state index is -4.69. The van der Waals surface area contributed by atoms with Crippen LogP contribution < -0.4 is 5.73 Å². The molecule has 2 fully saturated rings. The zero-order chi connectivity index (χ0) is 18.9. The lowest BCUT2D eigenvalue weighted by Gasteiger charge is -2.25. The van der Waals surface area contributed by atoms with Gasteiger partial charge in [0.15, 0.2) is 11.5 Å². The first-order chi connectivity index (χ1) is 12.2. The van der Waals surface area contributed by atoms with Crippen molar-refractivity contribution in [1.29, 1.82) is 0 Å². The fraction of sp³-hybridized carbons (Fsp3) is 0.375. The van der Waals surface area contributed by atoms with Gasteiger partial charge < -0.3 is 19.6 Å². The number of nitrogens with two attached hydrogens (primary N) is 1. The quantitative estimate of drug-likeness (QED) is 0.781. The van der Waals surface area contributed by atoms with E-state index in [0.29, 0.717) is 6.08 Å². The number of carbonyl (C=O) groups is 1. The molecule has 0 radical (unpaired) electrons. The maximum atomic E-state index is 12.7. The molecule has 2 bridgehead atoms. The lowest BCUT2D eigenvalue weighted by atomic mass is 10.1. The highest BCUT2D eigenvalue weighted by molar-refractivity contribution is 8.03. The van der Waals surface area contributed by atoms with Crippen molar-refractivity contribution in [2.24, 2.45) is 10.7 Å². The number of ether oxygens (including phenoxy) is 2. The van der Waals surface area contributed by atoms with E-state index in [1.165, 1.54) is 18.4 Å². The number of ketones is 1. The molecule has 1 aromatic rings. The topological polar surface area (TPSA) is 87.1 Å². The molecule has 0 aromatic carbocycles. The number of nitrogens with zero attached hydrogens (tertiary/aromatic N) is 1. The molecule has 2 saturated heterocycles. The van der Waals surface area contributed by atoms with E-state index in [0.717, 1.165) is 11.8 Å². The van der Waals surface area contributed by atoms with Crippen molar-refractivity contribution in [1.82, 2.24) is 0 Å². The molecule has 0 spiro atoms. The maximum absolute atomic E-state index is 12.7. The Balaban J connectivity index is 1.79. The fourth-order valence-corrected chi connectivity index (χ4v) is 3.52. The van der Waals surface area contributed by atoms with Crippen LogP contribution in [0.25, 0.3) is 0 Å². The molecule has 140 valence electrons. The molecule has 1 aromatic heterocycles. The molecule has 2 N–H and O–H groups in total. The molecule has 2 aliphatic rings. The summed E-state index contributed by atoms with van der Waals surface area (Å²) >= 11 is 1.14. The third-order valence-electron chi connectivity index (χ3n) is 3.72. The van der Waals surface area contributed by atoms with Crippen LogP contribution in [0.2, 0.25) is 0 Å². The Morgan fingerprint density at radius 1 is 1.46 bits per heavy atom. The molecule has 3 rings (SSSR count). The molecule has 2 aliphatic heterocycles. The third-order valence-corrected chi connectivity index (χ3v) is 4.85. The third kappa shape index (κ3) is 4.19. The van der Waals surface area contributed by atoms with Gasteiger partial charge in [0.25, 0.3) is 0 Å².